The van der Waals surface area contributed by atoms with Crippen molar-refractivity contribution in [2.45, 2.75) is 13.8 Å². The van der Waals surface area contributed by atoms with Crippen molar-refractivity contribution in [3.8, 4) is 0 Å². The van der Waals surface area contributed by atoms with E-state index < -0.39 is 31.4 Å². The summed E-state index contributed by atoms with van der Waals surface area (Å²) in [6.45, 7) is 4.44. The first-order valence-electron chi connectivity index (χ1n) is 3.13. The van der Waals surface area contributed by atoms with E-state index in [1.807, 2.05) is 13.8 Å². The van der Waals surface area contributed by atoms with Gasteiger partial charge in [0.15, 0.2) is 0 Å². The van der Waals surface area contributed by atoms with Crippen molar-refractivity contribution >= 4 is 31.4 Å². The summed E-state index contributed by atoms with van der Waals surface area (Å²) in [5, 5.41) is 0. The summed E-state index contributed by atoms with van der Waals surface area (Å²) in [5.74, 6) is 0.374. The van der Waals surface area contributed by atoms with Crippen molar-refractivity contribution in [3.63, 3.8) is 0 Å². The van der Waals surface area contributed by atoms with Crippen LogP contribution in [-0.4, -0.2) is 36.0 Å². The summed E-state index contributed by atoms with van der Waals surface area (Å²) in [4.78, 5) is 0. The third kappa shape index (κ3) is 3.24. The summed E-state index contributed by atoms with van der Waals surface area (Å²) in [6, 6.07) is 0. The molecule has 1 aliphatic heterocycles. The van der Waals surface area contributed by atoms with E-state index in [2.05, 4.69) is 5.04 Å². The Morgan fingerprint density at radius 3 is 2.36 bits per heavy atom. The Hall–Kier alpha value is 0.629. The molecule has 0 N–H and O–H groups in total. The Labute approximate surface area is 74.3 Å². The molecule has 7 heteroatoms. The second-order valence-electron chi connectivity index (χ2n) is 2.53. The topological polar surface area (TPSA) is 61.8 Å². The van der Waals surface area contributed by atoms with Crippen LogP contribution < -0.4 is 0 Å². The average Bonchev–Trinajstić information content (AvgIpc) is 1.78. The molecule has 0 aromatic heterocycles. The normalized spacial score (nSPS) is 23.5. The summed E-state index contributed by atoms with van der Waals surface area (Å²) in [6.07, 6.45) is 0. The molecule has 1 rings (SSSR count). The van der Waals surface area contributed by atoms with Crippen LogP contribution in [0.15, 0.2) is 0 Å². The first-order chi connectivity index (χ1) is 4.99. The summed E-state index contributed by atoms with van der Waals surface area (Å²) >= 11 is -2.79. The van der Waals surface area contributed by atoms with Gasteiger partial charge in [-0.1, -0.05) is 0 Å². The molecule has 0 atom stereocenters. The maximum atomic E-state index is 10.3. The molecule has 0 spiro atoms. The van der Waals surface area contributed by atoms with Crippen molar-refractivity contribution in [1.29, 1.82) is 0 Å². The van der Waals surface area contributed by atoms with Crippen LogP contribution in [0.1, 0.15) is 13.8 Å². The zero-order valence-electron chi connectivity index (χ0n) is 6.23. The van der Waals surface area contributed by atoms with Gasteiger partial charge in [-0.05, 0) is 0 Å². The van der Waals surface area contributed by atoms with Crippen molar-refractivity contribution < 1.29 is 16.5 Å². The molecule has 0 saturated carbocycles. The Morgan fingerprint density at radius 2 is 2.00 bits per heavy atom. The van der Waals surface area contributed by atoms with Gasteiger partial charge in [0.25, 0.3) is 0 Å². The van der Waals surface area contributed by atoms with Gasteiger partial charge < -0.3 is 0 Å². The van der Waals surface area contributed by atoms with Gasteiger partial charge in [0.2, 0.25) is 0 Å². The molecule has 1 aliphatic rings. The van der Waals surface area contributed by atoms with Crippen molar-refractivity contribution in [2.75, 3.05) is 6.61 Å². The van der Waals surface area contributed by atoms with Crippen molar-refractivity contribution in [2.24, 2.45) is 5.92 Å². The molecule has 0 amide bonds. The first kappa shape index (κ1) is 9.71. The van der Waals surface area contributed by atoms with E-state index in [-0.39, 0.29) is 0 Å². The Bertz CT molecular complexity index is 211. The van der Waals surface area contributed by atoms with Crippen LogP contribution in [-0.2, 0) is 18.5 Å². The molecule has 65 valence electrons. The molecule has 5 nitrogen and oxygen atoms in total. The third-order valence-electron chi connectivity index (χ3n) is 0.875. The van der Waals surface area contributed by atoms with Crippen LogP contribution >= 0.6 is 0 Å². The summed E-state index contributed by atoms with van der Waals surface area (Å²) in [5.41, 5.74) is 0. The van der Waals surface area contributed by atoms with Crippen molar-refractivity contribution in [3.05, 3.63) is 0 Å². The van der Waals surface area contributed by atoms with E-state index >= 15 is 0 Å². The van der Waals surface area contributed by atoms with Gasteiger partial charge in [-0.2, -0.15) is 0 Å². The van der Waals surface area contributed by atoms with E-state index in [9.17, 15) is 8.42 Å². The van der Waals surface area contributed by atoms with Gasteiger partial charge in [0, 0.05) is 0 Å². The molecule has 0 unspecified atom stereocenters. The summed E-state index contributed by atoms with van der Waals surface area (Å²) < 4.78 is 34.4. The molecular weight excluding hydrogens is 279 g/mol. The Morgan fingerprint density at radius 1 is 1.45 bits per heavy atom. The van der Waals surface area contributed by atoms with Gasteiger partial charge in [-0.3, -0.25) is 0 Å². The molecule has 1 radical (unpaired) electrons. The zero-order chi connectivity index (χ0) is 8.48. The predicted octanol–water partition coefficient (Wildman–Crippen LogP) is -0.0645. The minimum atomic E-state index is -3.62. The maximum absolute atomic E-state index is 10.3. The molecular formula is C4H9O5SSn. The Balaban J connectivity index is 2.14. The van der Waals surface area contributed by atoms with Gasteiger partial charge in [0.05, 0.1) is 0 Å². The number of hydrogen-bond donors (Lipinski definition) is 0. The van der Waals surface area contributed by atoms with Crippen LogP contribution in [0.4, 0.5) is 0 Å². The molecule has 1 saturated heterocycles. The van der Waals surface area contributed by atoms with E-state index in [4.69, 9.17) is 3.07 Å². The van der Waals surface area contributed by atoms with E-state index in [0.29, 0.717) is 12.5 Å². The van der Waals surface area contributed by atoms with Gasteiger partial charge in [-0.15, -0.1) is 0 Å². The molecule has 1 heterocycles. The van der Waals surface area contributed by atoms with Crippen LogP contribution in [0, 0.1) is 5.92 Å². The number of hydrogen-bond acceptors (Lipinski definition) is 5. The van der Waals surface area contributed by atoms with Crippen LogP contribution in [0.5, 0.6) is 0 Å². The monoisotopic (exact) mass is 289 g/mol. The fraction of sp³-hybridized carbons (Fsp3) is 1.00. The van der Waals surface area contributed by atoms with Crippen LogP contribution in [0.2, 0.25) is 0 Å². The van der Waals surface area contributed by atoms with Gasteiger partial charge in [-0.25, -0.2) is 0 Å². The van der Waals surface area contributed by atoms with Gasteiger partial charge in [0.1, 0.15) is 0 Å². The van der Waals surface area contributed by atoms with Gasteiger partial charge >= 0.3 is 74.3 Å². The van der Waals surface area contributed by atoms with Crippen molar-refractivity contribution in [1.82, 2.24) is 0 Å². The number of rotatable bonds is 3. The zero-order valence-corrected chi connectivity index (χ0v) is 9.90. The molecule has 11 heavy (non-hydrogen) atoms. The summed E-state index contributed by atoms with van der Waals surface area (Å²) in [7, 11) is -3.62. The molecule has 0 aromatic carbocycles. The fourth-order valence-electron chi connectivity index (χ4n) is 0.456. The van der Waals surface area contributed by atoms with E-state index in [1.165, 1.54) is 0 Å². The second-order valence-corrected chi connectivity index (χ2v) is 8.78. The molecule has 0 bridgehead atoms. The predicted molar refractivity (Wildman–Crippen MR) is 37.6 cm³/mol. The van der Waals surface area contributed by atoms with Crippen LogP contribution in [0.3, 0.4) is 0 Å². The average molecular weight is 288 g/mol. The Kier molecular flexibility index (Phi) is 3.15. The standard InChI is InChI=1S/C4H9O.H2O4S.Sn/c1-4(2)3-5;1-5(2,3)4;/h4H,3H2,1-2H3;(H2,1,2,3,4);/q-1;;+3/p-2. The third-order valence-corrected chi connectivity index (χ3v) is 8.53. The van der Waals surface area contributed by atoms with Crippen LogP contribution in [0.25, 0.3) is 0 Å². The van der Waals surface area contributed by atoms with E-state index in [1.54, 1.807) is 0 Å². The van der Waals surface area contributed by atoms with E-state index in [0.717, 1.165) is 0 Å². The molecule has 0 aromatic rings. The molecule has 0 aliphatic carbocycles. The fourth-order valence-corrected chi connectivity index (χ4v) is 6.02. The minimum absolute atomic E-state index is 0.374. The first-order valence-corrected chi connectivity index (χ1v) is 7.96. The second kappa shape index (κ2) is 3.56. The molecule has 1 fully saturated rings. The SMILES string of the molecule is CC(C)C[O][Sn]1[O]S(=O)(=O)[O]1. The quantitative estimate of drug-likeness (QED) is 0.681.